The van der Waals surface area contributed by atoms with E-state index < -0.39 is 0 Å². The van der Waals surface area contributed by atoms with Crippen LogP contribution in [-0.4, -0.2) is 43.0 Å². The Morgan fingerprint density at radius 1 is 1.38 bits per heavy atom. The topological polar surface area (TPSA) is 72.6 Å². The monoisotopic (exact) mass is 226 g/mol. The van der Waals surface area contributed by atoms with E-state index in [0.717, 1.165) is 25.8 Å². The zero-order valence-electron chi connectivity index (χ0n) is 9.52. The first-order chi connectivity index (χ1) is 7.63. The van der Waals surface area contributed by atoms with Gasteiger partial charge in [0.2, 0.25) is 5.91 Å². The number of carbonyl (C=O) groups is 2. The molecule has 0 radical (unpaired) electrons. The van der Waals surface area contributed by atoms with E-state index in [1.165, 1.54) is 7.11 Å². The second kappa shape index (κ2) is 4.41. The van der Waals surface area contributed by atoms with E-state index in [1.807, 2.05) is 0 Å². The molecule has 2 rings (SSSR count). The summed E-state index contributed by atoms with van der Waals surface area (Å²) in [5.41, 5.74) is 5.28. The lowest BCUT2D eigenvalue weighted by molar-refractivity contribution is -0.147. The molecule has 0 spiro atoms. The van der Waals surface area contributed by atoms with Gasteiger partial charge >= 0.3 is 5.97 Å². The molecule has 0 bridgehead atoms. The zero-order chi connectivity index (χ0) is 11.7. The molecule has 0 aromatic carbocycles. The molecule has 1 aliphatic carbocycles. The molecular formula is C11H18N2O3. The fourth-order valence-electron chi connectivity index (χ4n) is 2.44. The van der Waals surface area contributed by atoms with Crippen molar-refractivity contribution in [3.05, 3.63) is 0 Å². The third kappa shape index (κ3) is 2.19. The van der Waals surface area contributed by atoms with Gasteiger partial charge in [-0.2, -0.15) is 0 Å². The fourth-order valence-corrected chi connectivity index (χ4v) is 2.44. The maximum absolute atomic E-state index is 11.7. The SMILES string of the molecule is COC(=O)C(C1CC1)N1CCC(C(N)=O)C1. The fraction of sp³-hybridized carbons (Fsp3) is 0.818. The summed E-state index contributed by atoms with van der Waals surface area (Å²) < 4.78 is 4.83. The normalized spacial score (nSPS) is 27.7. The highest BCUT2D eigenvalue weighted by Crippen LogP contribution is 2.37. The molecule has 2 N–H and O–H groups in total. The van der Waals surface area contributed by atoms with Crippen LogP contribution in [0.1, 0.15) is 19.3 Å². The first-order valence-electron chi connectivity index (χ1n) is 5.74. The van der Waals surface area contributed by atoms with Gasteiger partial charge in [0.25, 0.3) is 0 Å². The summed E-state index contributed by atoms with van der Waals surface area (Å²) in [6.45, 7) is 1.37. The summed E-state index contributed by atoms with van der Waals surface area (Å²) in [5, 5.41) is 0. The highest BCUT2D eigenvalue weighted by Gasteiger charge is 2.43. The second-order valence-electron chi connectivity index (χ2n) is 4.69. The van der Waals surface area contributed by atoms with Crippen molar-refractivity contribution in [1.82, 2.24) is 4.90 Å². The van der Waals surface area contributed by atoms with Gasteiger partial charge in [0.15, 0.2) is 0 Å². The van der Waals surface area contributed by atoms with Crippen molar-refractivity contribution < 1.29 is 14.3 Å². The Labute approximate surface area is 94.9 Å². The Hall–Kier alpha value is -1.10. The second-order valence-corrected chi connectivity index (χ2v) is 4.69. The first kappa shape index (κ1) is 11.4. The van der Waals surface area contributed by atoms with Crippen molar-refractivity contribution in [3.8, 4) is 0 Å². The van der Waals surface area contributed by atoms with Gasteiger partial charge in [0.1, 0.15) is 6.04 Å². The number of hydrogen-bond donors (Lipinski definition) is 1. The number of esters is 1. The maximum Gasteiger partial charge on any atom is 0.323 e. The Morgan fingerprint density at radius 2 is 2.06 bits per heavy atom. The van der Waals surface area contributed by atoms with Crippen LogP contribution in [0, 0.1) is 11.8 Å². The Bertz CT molecular complexity index is 302. The summed E-state index contributed by atoms with van der Waals surface area (Å²) in [4.78, 5) is 24.8. The molecule has 0 aromatic heterocycles. The average molecular weight is 226 g/mol. The number of primary amides is 1. The molecule has 2 atom stereocenters. The van der Waals surface area contributed by atoms with E-state index in [4.69, 9.17) is 10.5 Å². The highest BCUT2D eigenvalue weighted by molar-refractivity contribution is 5.79. The van der Waals surface area contributed by atoms with Crippen LogP contribution in [0.3, 0.4) is 0 Å². The van der Waals surface area contributed by atoms with Crippen LogP contribution in [0.5, 0.6) is 0 Å². The number of ether oxygens (including phenoxy) is 1. The van der Waals surface area contributed by atoms with E-state index in [9.17, 15) is 9.59 Å². The number of likely N-dealkylation sites (tertiary alicyclic amines) is 1. The van der Waals surface area contributed by atoms with Crippen LogP contribution < -0.4 is 5.73 Å². The number of methoxy groups -OCH3 is 1. The van der Waals surface area contributed by atoms with Crippen molar-refractivity contribution in [2.24, 2.45) is 17.6 Å². The minimum absolute atomic E-state index is 0.106. The van der Waals surface area contributed by atoms with Crippen LogP contribution in [0.25, 0.3) is 0 Å². The number of nitrogens with two attached hydrogens (primary N) is 1. The van der Waals surface area contributed by atoms with Crippen LogP contribution in [-0.2, 0) is 14.3 Å². The maximum atomic E-state index is 11.7. The lowest BCUT2D eigenvalue weighted by Crippen LogP contribution is -2.42. The smallest absolute Gasteiger partial charge is 0.323 e. The summed E-state index contributed by atoms with van der Waals surface area (Å²) in [7, 11) is 1.42. The quantitative estimate of drug-likeness (QED) is 0.671. The van der Waals surface area contributed by atoms with Gasteiger partial charge in [-0.15, -0.1) is 0 Å². The molecule has 5 nitrogen and oxygen atoms in total. The summed E-state index contributed by atoms with van der Waals surface area (Å²) in [6.07, 6.45) is 2.92. The minimum atomic E-state index is -0.262. The molecule has 2 aliphatic rings. The molecule has 5 heteroatoms. The molecule has 1 amide bonds. The first-order valence-corrected chi connectivity index (χ1v) is 5.74. The molecule has 90 valence electrons. The summed E-state index contributed by atoms with van der Waals surface area (Å²) >= 11 is 0. The average Bonchev–Trinajstić information content (AvgIpc) is 2.95. The largest absolute Gasteiger partial charge is 0.468 e. The molecule has 1 saturated heterocycles. The third-order valence-corrected chi connectivity index (χ3v) is 3.53. The lowest BCUT2D eigenvalue weighted by atomic mass is 10.1. The molecule has 16 heavy (non-hydrogen) atoms. The molecule has 0 aromatic rings. The Morgan fingerprint density at radius 3 is 2.50 bits per heavy atom. The van der Waals surface area contributed by atoms with Gasteiger partial charge in [-0.25, -0.2) is 0 Å². The van der Waals surface area contributed by atoms with E-state index in [1.54, 1.807) is 0 Å². The van der Waals surface area contributed by atoms with Crippen molar-refractivity contribution in [3.63, 3.8) is 0 Å². The van der Waals surface area contributed by atoms with Gasteiger partial charge in [0, 0.05) is 6.54 Å². The summed E-state index contributed by atoms with van der Waals surface area (Å²) in [5.74, 6) is -0.125. The van der Waals surface area contributed by atoms with Gasteiger partial charge in [-0.05, 0) is 31.7 Å². The molecular weight excluding hydrogens is 208 g/mol. The Balaban J connectivity index is 1.99. The standard InChI is InChI=1S/C11H18N2O3/c1-16-11(15)9(7-2-3-7)13-5-4-8(6-13)10(12)14/h7-9H,2-6H2,1H3,(H2,12,14). The van der Waals surface area contributed by atoms with Crippen LogP contribution >= 0.6 is 0 Å². The van der Waals surface area contributed by atoms with Crippen LogP contribution in [0.2, 0.25) is 0 Å². The summed E-state index contributed by atoms with van der Waals surface area (Å²) in [6, 6.07) is -0.158. The molecule has 1 heterocycles. The van der Waals surface area contributed by atoms with Crippen LogP contribution in [0.4, 0.5) is 0 Å². The Kier molecular flexibility index (Phi) is 3.14. The number of hydrogen-bond acceptors (Lipinski definition) is 4. The predicted molar refractivity (Wildman–Crippen MR) is 57.4 cm³/mol. The number of carbonyl (C=O) groups excluding carboxylic acids is 2. The van der Waals surface area contributed by atoms with Crippen LogP contribution in [0.15, 0.2) is 0 Å². The number of amides is 1. The lowest BCUT2D eigenvalue weighted by Gasteiger charge is -2.25. The number of rotatable bonds is 4. The van der Waals surface area contributed by atoms with Gasteiger partial charge in [0.05, 0.1) is 13.0 Å². The molecule has 2 unspecified atom stereocenters. The molecule has 1 saturated carbocycles. The van der Waals surface area contributed by atoms with Crippen molar-refractivity contribution in [1.29, 1.82) is 0 Å². The molecule has 1 aliphatic heterocycles. The van der Waals surface area contributed by atoms with Gasteiger partial charge in [-0.1, -0.05) is 0 Å². The van der Waals surface area contributed by atoms with E-state index in [2.05, 4.69) is 4.90 Å². The van der Waals surface area contributed by atoms with Crippen molar-refractivity contribution in [2.45, 2.75) is 25.3 Å². The third-order valence-electron chi connectivity index (χ3n) is 3.53. The highest BCUT2D eigenvalue weighted by atomic mass is 16.5. The van der Waals surface area contributed by atoms with Gasteiger partial charge in [-0.3, -0.25) is 14.5 Å². The van der Waals surface area contributed by atoms with Crippen molar-refractivity contribution >= 4 is 11.9 Å². The molecule has 2 fully saturated rings. The van der Waals surface area contributed by atoms with E-state index in [0.29, 0.717) is 12.5 Å². The zero-order valence-corrected chi connectivity index (χ0v) is 9.52. The number of nitrogens with zero attached hydrogens (tertiary/aromatic N) is 1. The van der Waals surface area contributed by atoms with E-state index >= 15 is 0 Å². The predicted octanol–water partition coefficient (Wildman–Crippen LogP) is -0.255. The van der Waals surface area contributed by atoms with Crippen molar-refractivity contribution in [2.75, 3.05) is 20.2 Å². The van der Waals surface area contributed by atoms with Gasteiger partial charge < -0.3 is 10.5 Å². The minimum Gasteiger partial charge on any atom is -0.468 e. The van der Waals surface area contributed by atoms with E-state index in [-0.39, 0.29) is 23.8 Å².